The Morgan fingerprint density at radius 2 is 1.69 bits per heavy atom. The molecule has 0 saturated heterocycles. The van der Waals surface area contributed by atoms with Crippen LogP contribution in [0.4, 0.5) is 10.2 Å². The molecule has 0 spiro atoms. The Labute approximate surface area is 223 Å². The normalized spacial score (nSPS) is 11.2. The van der Waals surface area contributed by atoms with Crippen LogP contribution in [-0.4, -0.2) is 40.0 Å². The van der Waals surface area contributed by atoms with E-state index < -0.39 is 5.95 Å². The van der Waals surface area contributed by atoms with Gasteiger partial charge in [-0.3, -0.25) is 9.78 Å². The number of pyridine rings is 2. The molecular weight excluding hydrogens is 495 g/mol. The Balaban J connectivity index is 1.29. The van der Waals surface area contributed by atoms with Gasteiger partial charge >= 0.3 is 0 Å². The van der Waals surface area contributed by atoms with Crippen molar-refractivity contribution in [2.45, 2.75) is 13.8 Å². The van der Waals surface area contributed by atoms with E-state index >= 15 is 0 Å². The number of carbonyl (C=O) groups is 1. The first-order valence-electron chi connectivity index (χ1n) is 12.2. The van der Waals surface area contributed by atoms with E-state index in [1.165, 1.54) is 24.0 Å². The molecule has 5 aromatic heterocycles. The number of carbonyl (C=O) groups excluding carboxylic acids is 1. The van der Waals surface area contributed by atoms with Crippen molar-refractivity contribution in [3.8, 4) is 33.8 Å². The first-order valence-corrected chi connectivity index (χ1v) is 12.2. The number of benzene rings is 1. The molecule has 0 radical (unpaired) electrons. The first kappa shape index (κ1) is 24.1. The Hall–Kier alpha value is -5.25. The zero-order chi connectivity index (χ0) is 27.1. The minimum Gasteiger partial charge on any atom is -0.330 e. The molecule has 0 unspecified atom stereocenters. The number of halogens is 1. The smallest absolute Gasteiger partial charge is 0.258 e. The number of hydrogen-bond acceptors (Lipinski definition) is 6. The zero-order valence-corrected chi connectivity index (χ0v) is 21.4. The van der Waals surface area contributed by atoms with E-state index in [9.17, 15) is 9.18 Å². The largest absolute Gasteiger partial charge is 0.330 e. The minimum atomic E-state index is -0.575. The molecular formula is C29H23FN8O. The topological polar surface area (TPSA) is 103 Å². The Morgan fingerprint density at radius 3 is 2.46 bits per heavy atom. The van der Waals surface area contributed by atoms with Gasteiger partial charge in [0.05, 0.1) is 23.1 Å². The molecule has 6 aromatic rings. The molecule has 0 aliphatic carbocycles. The van der Waals surface area contributed by atoms with Crippen LogP contribution in [-0.2, 0) is 7.05 Å². The van der Waals surface area contributed by atoms with Crippen molar-refractivity contribution in [3.63, 3.8) is 0 Å². The molecule has 0 fully saturated rings. The van der Waals surface area contributed by atoms with Gasteiger partial charge in [-0.25, -0.2) is 19.5 Å². The van der Waals surface area contributed by atoms with E-state index in [4.69, 9.17) is 10.1 Å². The number of nitrogens with one attached hydrogen (secondary N) is 1. The van der Waals surface area contributed by atoms with Gasteiger partial charge in [-0.15, -0.1) is 0 Å². The molecule has 10 heteroatoms. The summed E-state index contributed by atoms with van der Waals surface area (Å²) in [6.45, 7) is 4.01. The van der Waals surface area contributed by atoms with Crippen molar-refractivity contribution in [3.05, 3.63) is 102 Å². The van der Waals surface area contributed by atoms with Gasteiger partial charge in [0.2, 0.25) is 5.95 Å². The van der Waals surface area contributed by atoms with Crippen molar-refractivity contribution in [2.24, 2.45) is 7.05 Å². The Bertz CT molecular complexity index is 1840. The number of fused-ring (bicyclic) bond motifs is 1. The van der Waals surface area contributed by atoms with Crippen LogP contribution in [0, 0.1) is 19.8 Å². The monoisotopic (exact) mass is 518 g/mol. The number of aromatic nitrogens is 7. The van der Waals surface area contributed by atoms with E-state index in [2.05, 4.69) is 51.5 Å². The molecule has 6 rings (SSSR count). The number of imidazole rings is 2. The SMILES string of the molecule is Cc1ccc(-c2nc(C)n(C)c2-c2ccc3nc(NC(=O)c4cncc(-c5ccc(F)nc5)c4)cn3n2)cc1. The maximum absolute atomic E-state index is 13.2. The van der Waals surface area contributed by atoms with E-state index in [0.29, 0.717) is 28.2 Å². The lowest BCUT2D eigenvalue weighted by Crippen LogP contribution is -2.12. The van der Waals surface area contributed by atoms with E-state index in [1.54, 1.807) is 29.0 Å². The number of amides is 1. The molecule has 1 amide bonds. The van der Waals surface area contributed by atoms with E-state index in [0.717, 1.165) is 28.5 Å². The quantitative estimate of drug-likeness (QED) is 0.312. The second-order valence-corrected chi connectivity index (χ2v) is 9.21. The Kier molecular flexibility index (Phi) is 5.91. The molecule has 0 bridgehead atoms. The average molecular weight is 519 g/mol. The maximum atomic E-state index is 13.2. The van der Waals surface area contributed by atoms with Gasteiger partial charge in [0.1, 0.15) is 11.5 Å². The van der Waals surface area contributed by atoms with E-state index in [-0.39, 0.29) is 5.91 Å². The van der Waals surface area contributed by atoms with Crippen LogP contribution in [0.1, 0.15) is 21.7 Å². The molecule has 1 N–H and O–H groups in total. The van der Waals surface area contributed by atoms with Crippen molar-refractivity contribution in [1.82, 2.24) is 34.1 Å². The van der Waals surface area contributed by atoms with Crippen molar-refractivity contribution in [1.29, 1.82) is 0 Å². The lowest BCUT2D eigenvalue weighted by Gasteiger charge is -2.07. The van der Waals surface area contributed by atoms with Gasteiger partial charge in [-0.05, 0) is 44.2 Å². The molecule has 9 nitrogen and oxygen atoms in total. The highest BCUT2D eigenvalue weighted by atomic mass is 19.1. The Morgan fingerprint density at radius 1 is 0.897 bits per heavy atom. The van der Waals surface area contributed by atoms with Crippen molar-refractivity contribution in [2.75, 3.05) is 5.32 Å². The highest BCUT2D eigenvalue weighted by molar-refractivity contribution is 6.04. The number of nitrogens with zero attached hydrogens (tertiary/aromatic N) is 7. The third-order valence-electron chi connectivity index (χ3n) is 6.51. The lowest BCUT2D eigenvalue weighted by molar-refractivity contribution is 0.102. The summed E-state index contributed by atoms with van der Waals surface area (Å²) in [5, 5.41) is 7.59. The summed E-state index contributed by atoms with van der Waals surface area (Å²) in [6.07, 6.45) is 6.10. The average Bonchev–Trinajstić information content (AvgIpc) is 3.48. The molecule has 1 aromatic carbocycles. The second-order valence-electron chi connectivity index (χ2n) is 9.21. The van der Waals surface area contributed by atoms with Crippen LogP contribution in [0.3, 0.4) is 0 Å². The molecule has 0 saturated carbocycles. The number of hydrogen-bond donors (Lipinski definition) is 1. The fourth-order valence-corrected chi connectivity index (χ4v) is 4.34. The van der Waals surface area contributed by atoms with Gasteiger partial charge in [0, 0.05) is 42.3 Å². The summed E-state index contributed by atoms with van der Waals surface area (Å²) < 4.78 is 16.8. The highest BCUT2D eigenvalue weighted by Gasteiger charge is 2.19. The van der Waals surface area contributed by atoms with Gasteiger partial charge < -0.3 is 9.88 Å². The molecule has 5 heterocycles. The predicted molar refractivity (Wildman–Crippen MR) is 145 cm³/mol. The molecule has 0 atom stereocenters. The summed E-state index contributed by atoms with van der Waals surface area (Å²) in [7, 11) is 1.96. The van der Waals surface area contributed by atoms with Crippen LogP contribution in [0.25, 0.3) is 39.4 Å². The van der Waals surface area contributed by atoms with Crippen molar-refractivity contribution >= 4 is 17.4 Å². The standard InChI is InChI=1S/C29H23FN8O/c1-17-4-6-19(7-5-17)27-28(37(3)18(2)33-27)23-9-11-26-34-25(16-38(26)36-23)35-29(39)22-12-21(13-31-14-22)20-8-10-24(30)32-15-20/h4-16H,1-3H3,(H,35,39). The van der Waals surface area contributed by atoms with E-state index in [1.807, 2.05) is 30.7 Å². The molecule has 39 heavy (non-hydrogen) atoms. The number of aryl methyl sites for hydroxylation is 2. The number of anilines is 1. The van der Waals surface area contributed by atoms with Crippen LogP contribution in [0.5, 0.6) is 0 Å². The van der Waals surface area contributed by atoms with Crippen LogP contribution < -0.4 is 5.32 Å². The highest BCUT2D eigenvalue weighted by Crippen LogP contribution is 2.31. The van der Waals surface area contributed by atoms with Gasteiger partial charge in [0.15, 0.2) is 11.5 Å². The maximum Gasteiger partial charge on any atom is 0.258 e. The summed E-state index contributed by atoms with van der Waals surface area (Å²) in [4.78, 5) is 30.1. The second kappa shape index (κ2) is 9.56. The summed E-state index contributed by atoms with van der Waals surface area (Å²) in [6, 6.07) is 16.5. The summed E-state index contributed by atoms with van der Waals surface area (Å²) in [5.74, 6) is 0.257. The minimum absolute atomic E-state index is 0.329. The van der Waals surface area contributed by atoms with Crippen LogP contribution in [0.2, 0.25) is 0 Å². The fraction of sp³-hybridized carbons (Fsp3) is 0.103. The van der Waals surface area contributed by atoms with Gasteiger partial charge in [0.25, 0.3) is 5.91 Å². The fourth-order valence-electron chi connectivity index (χ4n) is 4.34. The lowest BCUT2D eigenvalue weighted by atomic mass is 10.1. The first-order chi connectivity index (χ1) is 18.9. The summed E-state index contributed by atoms with van der Waals surface area (Å²) in [5.41, 5.74) is 6.84. The van der Waals surface area contributed by atoms with Crippen LogP contribution in [0.15, 0.2) is 79.4 Å². The predicted octanol–water partition coefficient (Wildman–Crippen LogP) is 5.26. The molecule has 0 aliphatic rings. The van der Waals surface area contributed by atoms with Crippen molar-refractivity contribution < 1.29 is 9.18 Å². The third-order valence-corrected chi connectivity index (χ3v) is 6.51. The van der Waals surface area contributed by atoms with Gasteiger partial charge in [-0.1, -0.05) is 29.8 Å². The number of rotatable bonds is 5. The molecule has 0 aliphatic heterocycles. The van der Waals surface area contributed by atoms with Crippen LogP contribution >= 0.6 is 0 Å². The molecule has 192 valence electrons. The van der Waals surface area contributed by atoms with Gasteiger partial charge in [-0.2, -0.15) is 9.49 Å². The third kappa shape index (κ3) is 4.63. The summed E-state index contributed by atoms with van der Waals surface area (Å²) >= 11 is 0. The zero-order valence-electron chi connectivity index (χ0n) is 21.4.